The third kappa shape index (κ3) is 4.97. The number of aliphatic hydroxyl groups excluding tert-OH is 2. The van der Waals surface area contributed by atoms with Gasteiger partial charge < -0.3 is 75.1 Å². The van der Waals surface area contributed by atoms with Crippen molar-refractivity contribution in [3.8, 4) is 62.9 Å². The van der Waals surface area contributed by atoms with Crippen LogP contribution in [0.1, 0.15) is 31.1 Å². The van der Waals surface area contributed by atoms with Crippen LogP contribution >= 0.6 is 0 Å². The van der Waals surface area contributed by atoms with Gasteiger partial charge in [0.25, 0.3) is 0 Å². The quantitative estimate of drug-likeness (QED) is 0.100. The summed E-state index contributed by atoms with van der Waals surface area (Å²) in [5.74, 6) is -14.7. The standard InChI is InChI=1S/C27H22O18/c28-5-13-21-22(23(27(41)42-13)45-24(38)6-1-9(29)16(33)10(30)2-6)44-26(40)8-4-12(32)18(35)20(37)15(8)14-7(25(39)43-21)3-11(31)17(34)19(14)36/h1-4,13,21-23,27-37,41H,5H2/t13-,21-,22+,23-,27+/m1/s1. The molecule has 3 aromatic carbocycles. The zero-order chi connectivity index (χ0) is 33.1. The van der Waals surface area contributed by atoms with Crippen LogP contribution in [0.4, 0.5) is 0 Å². The minimum Gasteiger partial charge on any atom is -0.504 e. The third-order valence-corrected chi connectivity index (χ3v) is 7.02. The summed E-state index contributed by atoms with van der Waals surface area (Å²) in [5.41, 5.74) is -4.15. The molecule has 5 rings (SSSR count). The smallest absolute Gasteiger partial charge is 0.339 e. The molecule has 2 heterocycles. The van der Waals surface area contributed by atoms with Crippen molar-refractivity contribution in [1.82, 2.24) is 0 Å². The fourth-order valence-corrected chi connectivity index (χ4v) is 4.85. The number of hydrogen-bond acceptors (Lipinski definition) is 18. The molecule has 11 N–H and O–H groups in total. The lowest BCUT2D eigenvalue weighted by atomic mass is 9.91. The highest BCUT2D eigenvalue weighted by Gasteiger charge is 2.53. The molecule has 0 aliphatic carbocycles. The van der Waals surface area contributed by atoms with E-state index in [9.17, 15) is 70.6 Å². The van der Waals surface area contributed by atoms with E-state index in [-0.39, 0.29) is 0 Å². The monoisotopic (exact) mass is 634 g/mol. The average molecular weight is 634 g/mol. The molecule has 3 aromatic rings. The first-order valence-electron chi connectivity index (χ1n) is 12.5. The molecule has 0 aromatic heterocycles. The van der Waals surface area contributed by atoms with Crippen molar-refractivity contribution in [2.45, 2.75) is 30.7 Å². The lowest BCUT2D eigenvalue weighted by Crippen LogP contribution is -2.62. The largest absolute Gasteiger partial charge is 0.504 e. The number of phenolic OH excluding ortho intramolecular Hbond substituents is 9. The number of carbonyl (C=O) groups is 3. The third-order valence-electron chi connectivity index (χ3n) is 7.02. The van der Waals surface area contributed by atoms with E-state index in [0.717, 1.165) is 0 Å². The van der Waals surface area contributed by atoms with Gasteiger partial charge in [-0.05, 0) is 24.3 Å². The molecule has 5 atom stereocenters. The van der Waals surface area contributed by atoms with Crippen molar-refractivity contribution in [1.29, 1.82) is 0 Å². The van der Waals surface area contributed by atoms with E-state index >= 15 is 0 Å². The first-order valence-corrected chi connectivity index (χ1v) is 12.5. The van der Waals surface area contributed by atoms with Gasteiger partial charge in [-0.2, -0.15) is 0 Å². The number of aromatic hydroxyl groups is 9. The van der Waals surface area contributed by atoms with E-state index in [1.807, 2.05) is 0 Å². The molecule has 0 spiro atoms. The van der Waals surface area contributed by atoms with Gasteiger partial charge >= 0.3 is 17.9 Å². The Labute approximate surface area is 248 Å². The lowest BCUT2D eigenvalue weighted by Gasteiger charge is -2.43. The van der Waals surface area contributed by atoms with E-state index in [0.29, 0.717) is 24.3 Å². The van der Waals surface area contributed by atoms with Gasteiger partial charge in [0.15, 0.2) is 64.8 Å². The van der Waals surface area contributed by atoms with Gasteiger partial charge in [0, 0.05) is 11.1 Å². The van der Waals surface area contributed by atoms with Gasteiger partial charge in [-0.3, -0.25) is 0 Å². The summed E-state index contributed by atoms with van der Waals surface area (Å²) in [6.07, 6.45) is -10.1. The maximum Gasteiger partial charge on any atom is 0.339 e. The van der Waals surface area contributed by atoms with Crippen molar-refractivity contribution < 1.29 is 89.5 Å². The topological polar surface area (TPSA) is 311 Å². The summed E-state index contributed by atoms with van der Waals surface area (Å²) in [5, 5.41) is 112. The summed E-state index contributed by atoms with van der Waals surface area (Å²) in [6.45, 7) is -1.02. The van der Waals surface area contributed by atoms with Crippen molar-refractivity contribution in [3.63, 3.8) is 0 Å². The Morgan fingerprint density at radius 2 is 1.11 bits per heavy atom. The zero-order valence-electron chi connectivity index (χ0n) is 22.2. The van der Waals surface area contributed by atoms with Crippen LogP contribution in [0.3, 0.4) is 0 Å². The molecule has 0 unspecified atom stereocenters. The highest BCUT2D eigenvalue weighted by atomic mass is 16.7. The molecule has 18 nitrogen and oxygen atoms in total. The van der Waals surface area contributed by atoms with Crippen LogP contribution < -0.4 is 0 Å². The van der Waals surface area contributed by atoms with Crippen molar-refractivity contribution in [2.75, 3.05) is 6.61 Å². The molecule has 1 saturated heterocycles. The highest BCUT2D eigenvalue weighted by molar-refractivity contribution is 6.08. The highest BCUT2D eigenvalue weighted by Crippen LogP contribution is 2.53. The van der Waals surface area contributed by atoms with E-state index in [2.05, 4.69) is 0 Å². The average Bonchev–Trinajstić information content (AvgIpc) is 2.99. The summed E-state index contributed by atoms with van der Waals surface area (Å²) >= 11 is 0. The number of fused-ring (bicyclic) bond motifs is 4. The molecule has 0 radical (unpaired) electrons. The van der Waals surface area contributed by atoms with E-state index in [1.54, 1.807) is 0 Å². The Morgan fingerprint density at radius 3 is 1.58 bits per heavy atom. The normalized spacial score (nSPS) is 22.7. The Kier molecular flexibility index (Phi) is 7.49. The molecule has 18 heteroatoms. The number of hydrogen-bond donors (Lipinski definition) is 11. The Balaban J connectivity index is 1.69. The second kappa shape index (κ2) is 11.0. The van der Waals surface area contributed by atoms with E-state index in [4.69, 9.17) is 18.9 Å². The number of phenols is 9. The predicted molar refractivity (Wildman–Crippen MR) is 139 cm³/mol. The second-order valence-corrected chi connectivity index (χ2v) is 9.75. The molecule has 45 heavy (non-hydrogen) atoms. The number of ether oxygens (including phenoxy) is 4. The lowest BCUT2D eigenvalue weighted by molar-refractivity contribution is -0.284. The molecule has 2 aliphatic rings. The number of rotatable bonds is 3. The van der Waals surface area contributed by atoms with E-state index in [1.165, 1.54) is 0 Å². The van der Waals surface area contributed by atoms with Gasteiger partial charge in [0.1, 0.15) is 6.10 Å². The fourth-order valence-electron chi connectivity index (χ4n) is 4.85. The molecule has 1 fully saturated rings. The SMILES string of the molecule is O=C(O[C@@H]1[C@H]2OC(=O)c3cc(O)c(O)c(O)c3-c3c(cc(O)c(O)c3O)C(=O)O[C@@H]2[C@@H](CO)O[C@@H]1O)c1cc(O)c(O)c(O)c1. The molecule has 238 valence electrons. The van der Waals surface area contributed by atoms with Crippen LogP contribution in [-0.2, 0) is 18.9 Å². The summed E-state index contributed by atoms with van der Waals surface area (Å²) in [6, 6.07) is 2.42. The Hall–Kier alpha value is -5.85. The molecule has 0 bridgehead atoms. The van der Waals surface area contributed by atoms with Crippen LogP contribution in [0, 0.1) is 0 Å². The molecule has 0 saturated carbocycles. The van der Waals surface area contributed by atoms with Crippen LogP contribution in [0.5, 0.6) is 51.7 Å². The molecular weight excluding hydrogens is 612 g/mol. The second-order valence-electron chi connectivity index (χ2n) is 9.75. The Morgan fingerprint density at radius 1 is 0.667 bits per heavy atom. The van der Waals surface area contributed by atoms with Gasteiger partial charge in [-0.15, -0.1) is 0 Å². The summed E-state index contributed by atoms with van der Waals surface area (Å²) < 4.78 is 21.2. The number of carbonyl (C=O) groups excluding carboxylic acids is 3. The predicted octanol–water partition coefficient (Wildman–Crippen LogP) is -0.297. The van der Waals surface area contributed by atoms with Gasteiger partial charge in [-0.25, -0.2) is 14.4 Å². The number of aliphatic hydroxyl groups is 2. The molecule has 0 amide bonds. The number of esters is 3. The van der Waals surface area contributed by atoms with Crippen LogP contribution in [0.15, 0.2) is 24.3 Å². The zero-order valence-corrected chi connectivity index (χ0v) is 22.2. The molecular formula is C27H22O18. The van der Waals surface area contributed by atoms with Crippen LogP contribution in [0.2, 0.25) is 0 Å². The van der Waals surface area contributed by atoms with Gasteiger partial charge in [-0.1, -0.05) is 0 Å². The summed E-state index contributed by atoms with van der Waals surface area (Å²) in [4.78, 5) is 40.1. The first-order chi connectivity index (χ1) is 21.2. The minimum absolute atomic E-state index is 0.532. The maximum atomic E-state index is 13.6. The van der Waals surface area contributed by atoms with E-state index < -0.39 is 135 Å². The van der Waals surface area contributed by atoms with Crippen LogP contribution in [0.25, 0.3) is 11.1 Å². The van der Waals surface area contributed by atoms with Crippen molar-refractivity contribution in [2.24, 2.45) is 0 Å². The fraction of sp³-hybridized carbons (Fsp3) is 0.222. The van der Waals surface area contributed by atoms with Crippen molar-refractivity contribution in [3.05, 3.63) is 41.0 Å². The van der Waals surface area contributed by atoms with Crippen LogP contribution in [-0.4, -0.2) is 111 Å². The van der Waals surface area contributed by atoms with Gasteiger partial charge in [0.05, 0.1) is 23.3 Å². The Bertz CT molecular complexity index is 1730. The van der Waals surface area contributed by atoms with Crippen molar-refractivity contribution >= 4 is 17.9 Å². The maximum absolute atomic E-state index is 13.6. The molecule has 2 aliphatic heterocycles. The van der Waals surface area contributed by atoms with Gasteiger partial charge in [0.2, 0.25) is 11.5 Å². The first kappa shape index (κ1) is 30.6. The minimum atomic E-state index is -2.22. The number of benzene rings is 3. The summed E-state index contributed by atoms with van der Waals surface area (Å²) in [7, 11) is 0.